The number of hydrogen-bond acceptors (Lipinski definition) is 5. The molecule has 3 amide bonds. The molecule has 1 aromatic carbocycles. The van der Waals surface area contributed by atoms with E-state index in [0.717, 1.165) is 5.69 Å². The molecular weight excluding hydrogens is 486 g/mol. The Hall–Kier alpha value is -2.58. The largest absolute Gasteiger partial charge is 0.394 e. The van der Waals surface area contributed by atoms with Crippen LogP contribution in [-0.4, -0.2) is 79.9 Å². The maximum Gasteiger partial charge on any atom is 0.247 e. The highest BCUT2D eigenvalue weighted by Crippen LogP contribution is 2.61. The van der Waals surface area contributed by atoms with Gasteiger partial charge in [0.25, 0.3) is 0 Å². The van der Waals surface area contributed by atoms with Gasteiger partial charge in [0.1, 0.15) is 6.04 Å². The molecule has 5 rings (SSSR count). The highest BCUT2D eigenvalue weighted by atomic mass is 32.2. The van der Waals surface area contributed by atoms with Gasteiger partial charge in [-0.3, -0.25) is 14.4 Å². The average molecular weight is 524 g/mol. The number of thioether (sulfide) groups is 1. The van der Waals surface area contributed by atoms with E-state index in [0.29, 0.717) is 13.1 Å². The molecule has 2 saturated heterocycles. The maximum absolute atomic E-state index is 14.4. The van der Waals surface area contributed by atoms with Crippen LogP contribution in [0.4, 0.5) is 5.69 Å². The van der Waals surface area contributed by atoms with E-state index in [9.17, 15) is 19.5 Å². The van der Waals surface area contributed by atoms with E-state index in [4.69, 9.17) is 0 Å². The molecule has 1 spiro atoms. The Morgan fingerprint density at radius 1 is 1.03 bits per heavy atom. The summed E-state index contributed by atoms with van der Waals surface area (Å²) in [6.07, 6.45) is 8.09. The van der Waals surface area contributed by atoms with Crippen LogP contribution in [-0.2, 0) is 14.4 Å². The minimum absolute atomic E-state index is 0.0562. The summed E-state index contributed by atoms with van der Waals surface area (Å²) >= 11 is 1.58. The summed E-state index contributed by atoms with van der Waals surface area (Å²) in [5.41, 5.74) is 0.351. The number of aliphatic hydroxyl groups is 1. The lowest BCUT2D eigenvalue weighted by Crippen LogP contribution is -2.60. The van der Waals surface area contributed by atoms with Crippen molar-refractivity contribution in [2.24, 2.45) is 17.8 Å². The molecule has 7 nitrogen and oxygen atoms in total. The van der Waals surface area contributed by atoms with Crippen molar-refractivity contribution < 1.29 is 19.5 Å². The molecule has 1 N–H and O–H groups in total. The quantitative estimate of drug-likeness (QED) is 0.614. The van der Waals surface area contributed by atoms with E-state index < -0.39 is 34.2 Å². The third-order valence-corrected chi connectivity index (χ3v) is 10.0. The number of aliphatic hydroxyl groups excluding tert-OH is 1. The summed E-state index contributed by atoms with van der Waals surface area (Å²) in [5.74, 6) is -1.77. The van der Waals surface area contributed by atoms with Crippen molar-refractivity contribution in [1.82, 2.24) is 9.80 Å². The first-order valence-electron chi connectivity index (χ1n) is 13.2. The van der Waals surface area contributed by atoms with Crippen LogP contribution in [0.3, 0.4) is 0 Å². The van der Waals surface area contributed by atoms with Crippen LogP contribution in [0.25, 0.3) is 0 Å². The number of nitrogens with zero attached hydrogens (tertiary/aromatic N) is 3. The lowest BCUT2D eigenvalue weighted by Gasteiger charge is -2.43. The van der Waals surface area contributed by atoms with Gasteiger partial charge in [0.2, 0.25) is 17.7 Å². The van der Waals surface area contributed by atoms with Crippen LogP contribution < -0.4 is 4.90 Å². The molecule has 4 aliphatic rings. The van der Waals surface area contributed by atoms with Crippen molar-refractivity contribution >= 4 is 35.2 Å². The summed E-state index contributed by atoms with van der Waals surface area (Å²) in [5, 5.41) is 10.2. The predicted octanol–water partition coefficient (Wildman–Crippen LogP) is 3.10. The summed E-state index contributed by atoms with van der Waals surface area (Å²) in [6.45, 7) is 10.6. The number of benzene rings is 1. The van der Waals surface area contributed by atoms with Crippen LogP contribution >= 0.6 is 11.8 Å². The van der Waals surface area contributed by atoms with Gasteiger partial charge in [-0.05, 0) is 38.8 Å². The Labute approximate surface area is 223 Å². The molecule has 2 fully saturated rings. The van der Waals surface area contributed by atoms with Gasteiger partial charge in [-0.25, -0.2) is 0 Å². The summed E-state index contributed by atoms with van der Waals surface area (Å²) in [4.78, 5) is 48.2. The van der Waals surface area contributed by atoms with Crippen LogP contribution in [0.1, 0.15) is 34.6 Å². The smallest absolute Gasteiger partial charge is 0.247 e. The second-order valence-electron chi connectivity index (χ2n) is 11.8. The molecule has 0 aliphatic carbocycles. The number of carbonyl (C=O) groups is 3. The highest BCUT2D eigenvalue weighted by molar-refractivity contribution is 8.02. The van der Waals surface area contributed by atoms with Crippen molar-refractivity contribution in [1.29, 1.82) is 0 Å². The second-order valence-corrected chi connectivity index (χ2v) is 13.3. The van der Waals surface area contributed by atoms with Crippen LogP contribution in [0.2, 0.25) is 0 Å². The van der Waals surface area contributed by atoms with E-state index >= 15 is 0 Å². The van der Waals surface area contributed by atoms with E-state index in [1.54, 1.807) is 21.6 Å². The molecular formula is C29H37N3O4S. The predicted molar refractivity (Wildman–Crippen MR) is 146 cm³/mol. The van der Waals surface area contributed by atoms with Gasteiger partial charge in [0, 0.05) is 29.6 Å². The number of amides is 3. The zero-order chi connectivity index (χ0) is 26.7. The molecule has 0 radical (unpaired) electrons. The first-order chi connectivity index (χ1) is 17.5. The fraction of sp³-hybridized carbons (Fsp3) is 0.552. The molecule has 1 aromatic rings. The number of likely N-dealkylation sites (tertiary alicyclic amines) is 1. The minimum Gasteiger partial charge on any atom is -0.394 e. The fourth-order valence-electron chi connectivity index (χ4n) is 6.50. The van der Waals surface area contributed by atoms with E-state index in [1.807, 2.05) is 88.1 Å². The van der Waals surface area contributed by atoms with Crippen LogP contribution in [0, 0.1) is 17.8 Å². The molecule has 1 unspecified atom stereocenters. The molecule has 0 bridgehead atoms. The van der Waals surface area contributed by atoms with Crippen LogP contribution in [0.5, 0.6) is 0 Å². The molecule has 0 aromatic heterocycles. The van der Waals surface area contributed by atoms with Crippen molar-refractivity contribution in [3.05, 3.63) is 54.6 Å². The van der Waals surface area contributed by atoms with Crippen molar-refractivity contribution in [3.8, 4) is 0 Å². The first kappa shape index (κ1) is 26.0. The molecule has 4 heterocycles. The molecule has 6 atom stereocenters. The van der Waals surface area contributed by atoms with E-state index in [1.165, 1.54) is 0 Å². The second kappa shape index (κ2) is 9.31. The molecule has 198 valence electrons. The number of carbonyl (C=O) groups excluding carboxylic acids is 3. The monoisotopic (exact) mass is 523 g/mol. The Kier molecular flexibility index (Phi) is 6.55. The third-order valence-electron chi connectivity index (χ3n) is 8.29. The topological polar surface area (TPSA) is 81.2 Å². The SMILES string of the molecule is CC(C)[C@H](CO)N1C(=O)[C@@H]2[C@H]3C(=O)N(c4ccccc4)CC=C[C@H]3S[C@@]23C=CCN(C(C)(C)C)C(=O)C13. The standard InChI is InChI=1S/C29H37N3O4S/c1-18(2)20(17-33)32-24-27(36)31(28(3,4)5)16-10-14-29(24)23(26(32)35)22-21(37-29)13-9-15-30(25(22)34)19-11-7-6-8-12-19/h6-14,18,20-24,33H,15-17H2,1-5H3/t20-,21+,22-,23-,24?,29-/m0/s1. The summed E-state index contributed by atoms with van der Waals surface area (Å²) in [6, 6.07) is 8.24. The van der Waals surface area contributed by atoms with Gasteiger partial charge in [0.05, 0.1) is 29.2 Å². The van der Waals surface area contributed by atoms with Crippen molar-refractivity contribution in [2.45, 2.75) is 62.2 Å². The van der Waals surface area contributed by atoms with Gasteiger partial charge in [-0.15, -0.1) is 11.8 Å². The Balaban J connectivity index is 1.65. The number of hydrogen-bond donors (Lipinski definition) is 1. The third kappa shape index (κ3) is 3.95. The number of para-hydroxylation sites is 1. The Morgan fingerprint density at radius 2 is 1.73 bits per heavy atom. The molecule has 8 heteroatoms. The molecule has 4 aliphatic heterocycles. The summed E-state index contributed by atoms with van der Waals surface area (Å²) in [7, 11) is 0. The average Bonchev–Trinajstić information content (AvgIpc) is 3.14. The van der Waals surface area contributed by atoms with E-state index in [2.05, 4.69) is 6.08 Å². The number of rotatable bonds is 4. The number of anilines is 1. The maximum atomic E-state index is 14.4. The highest BCUT2D eigenvalue weighted by Gasteiger charge is 2.72. The lowest BCUT2D eigenvalue weighted by atomic mass is 9.78. The minimum atomic E-state index is -0.883. The van der Waals surface area contributed by atoms with Crippen molar-refractivity contribution in [2.75, 3.05) is 24.6 Å². The van der Waals surface area contributed by atoms with Gasteiger partial charge in [-0.1, -0.05) is 56.4 Å². The first-order valence-corrected chi connectivity index (χ1v) is 14.0. The van der Waals surface area contributed by atoms with Gasteiger partial charge >= 0.3 is 0 Å². The van der Waals surface area contributed by atoms with Gasteiger partial charge < -0.3 is 19.8 Å². The Bertz CT molecular complexity index is 1140. The zero-order valence-electron chi connectivity index (χ0n) is 22.2. The number of fused-ring (bicyclic) bond motifs is 2. The lowest BCUT2D eigenvalue weighted by molar-refractivity contribution is -0.149. The van der Waals surface area contributed by atoms with E-state index in [-0.39, 0.29) is 35.5 Å². The molecule has 0 saturated carbocycles. The zero-order valence-corrected chi connectivity index (χ0v) is 23.0. The normalized spacial score (nSPS) is 32.4. The Morgan fingerprint density at radius 3 is 2.35 bits per heavy atom. The van der Waals surface area contributed by atoms with Gasteiger partial charge in [-0.2, -0.15) is 0 Å². The van der Waals surface area contributed by atoms with Crippen molar-refractivity contribution in [3.63, 3.8) is 0 Å². The van der Waals surface area contributed by atoms with Gasteiger partial charge in [0.15, 0.2) is 0 Å². The van der Waals surface area contributed by atoms with Crippen LogP contribution in [0.15, 0.2) is 54.6 Å². The fourth-order valence-corrected chi connectivity index (χ4v) is 8.49. The molecule has 37 heavy (non-hydrogen) atoms. The summed E-state index contributed by atoms with van der Waals surface area (Å²) < 4.78 is -0.883.